The maximum absolute atomic E-state index is 9.06. The van der Waals surface area contributed by atoms with E-state index >= 15 is 0 Å². The van der Waals surface area contributed by atoms with E-state index in [0.29, 0.717) is 18.1 Å². The Labute approximate surface area is 210 Å². The standard InChI is InChI=1S/C17H23N5.C4H8.C3H5Cl.C2H5NO/c1-17(2,3)14-10-15(18)22(21-14)12-5-4-11-8-9-20-16(19)13(11)7-6-12;1-3-4-2;1-2-3-4;1-3-2-4/h4-5,7,10H,6,8-9,18H2,1-3H3,(H2,19,20);3-4H,1-2H3;2-3H,1H3;2H,1H3,(H,3,4)/b;4-3+;3-2+;. The number of nitrogen functional groups attached to an aromatic ring is 1. The lowest BCUT2D eigenvalue weighted by Gasteiger charge is -2.15. The number of aliphatic imine (C=N–C) groups is 1. The highest BCUT2D eigenvalue weighted by Crippen LogP contribution is 2.29. The Morgan fingerprint density at radius 3 is 2.15 bits per heavy atom. The predicted molar refractivity (Wildman–Crippen MR) is 148 cm³/mol. The van der Waals surface area contributed by atoms with Crippen molar-refractivity contribution in [2.45, 2.75) is 59.8 Å². The summed E-state index contributed by atoms with van der Waals surface area (Å²) in [6, 6.07) is 1.95. The van der Waals surface area contributed by atoms with E-state index in [0.717, 1.165) is 36.4 Å². The van der Waals surface area contributed by atoms with Gasteiger partial charge in [0.25, 0.3) is 0 Å². The number of carbonyl (C=O) groups is 1. The highest BCUT2D eigenvalue weighted by Gasteiger charge is 2.21. The van der Waals surface area contributed by atoms with Gasteiger partial charge in [0.1, 0.15) is 11.7 Å². The van der Waals surface area contributed by atoms with E-state index in [9.17, 15) is 0 Å². The molecule has 0 unspecified atom stereocenters. The van der Waals surface area contributed by atoms with Gasteiger partial charge in [-0.15, -0.1) is 0 Å². The van der Waals surface area contributed by atoms with Crippen LogP contribution in [0.2, 0.25) is 0 Å². The van der Waals surface area contributed by atoms with Gasteiger partial charge in [-0.3, -0.25) is 9.79 Å². The Bertz CT molecular complexity index is 925. The largest absolute Gasteiger partial charge is 0.384 e. The second-order valence-electron chi connectivity index (χ2n) is 8.34. The van der Waals surface area contributed by atoms with Crippen LogP contribution in [0.1, 0.15) is 60.1 Å². The fourth-order valence-corrected chi connectivity index (χ4v) is 2.71. The van der Waals surface area contributed by atoms with Crippen molar-refractivity contribution in [1.29, 1.82) is 0 Å². The molecule has 0 radical (unpaired) electrons. The summed E-state index contributed by atoms with van der Waals surface area (Å²) in [5.41, 5.74) is 18.0. The molecule has 1 amide bonds. The summed E-state index contributed by atoms with van der Waals surface area (Å²) >= 11 is 5.01. The molecule has 1 aliphatic carbocycles. The predicted octanol–water partition coefficient (Wildman–Crippen LogP) is 5.32. The summed E-state index contributed by atoms with van der Waals surface area (Å²) in [5, 5.41) is 6.94. The number of hydrogen-bond donors (Lipinski definition) is 3. The van der Waals surface area contributed by atoms with Crippen molar-refractivity contribution >= 4 is 35.4 Å². The van der Waals surface area contributed by atoms with E-state index in [1.807, 2.05) is 43.7 Å². The molecule has 3 rings (SSSR count). The van der Waals surface area contributed by atoms with Crippen LogP contribution in [-0.2, 0) is 10.2 Å². The Kier molecular flexibility index (Phi) is 15.0. The van der Waals surface area contributed by atoms with Crippen LogP contribution >= 0.6 is 11.6 Å². The van der Waals surface area contributed by atoms with E-state index in [-0.39, 0.29) is 5.41 Å². The number of nitrogens with two attached hydrogens (primary N) is 2. The molecule has 0 aromatic carbocycles. The van der Waals surface area contributed by atoms with Gasteiger partial charge >= 0.3 is 0 Å². The van der Waals surface area contributed by atoms with Crippen molar-refractivity contribution in [2.75, 3.05) is 19.3 Å². The summed E-state index contributed by atoms with van der Waals surface area (Å²) in [7, 11) is 1.56. The third-order valence-corrected chi connectivity index (χ3v) is 4.88. The smallest absolute Gasteiger partial charge is 0.206 e. The van der Waals surface area contributed by atoms with Crippen molar-refractivity contribution in [3.8, 4) is 0 Å². The molecular formula is C26H41ClN6O. The number of allylic oxidation sites excluding steroid dienone is 7. The van der Waals surface area contributed by atoms with E-state index in [2.05, 4.69) is 54.4 Å². The fourth-order valence-electron chi connectivity index (χ4n) is 2.71. The van der Waals surface area contributed by atoms with Crippen LogP contribution in [-0.4, -0.2) is 35.6 Å². The Morgan fingerprint density at radius 1 is 1.12 bits per heavy atom. The number of anilines is 1. The van der Waals surface area contributed by atoms with E-state index in [1.165, 1.54) is 11.1 Å². The van der Waals surface area contributed by atoms with E-state index in [1.54, 1.807) is 13.1 Å². The summed E-state index contributed by atoms with van der Waals surface area (Å²) in [6.07, 6.45) is 14.4. The van der Waals surface area contributed by atoms with Crippen LogP contribution < -0.4 is 16.8 Å². The molecule has 2 aliphatic rings. The first-order valence-corrected chi connectivity index (χ1v) is 11.7. The van der Waals surface area contributed by atoms with Gasteiger partial charge < -0.3 is 16.8 Å². The summed E-state index contributed by atoms with van der Waals surface area (Å²) in [4.78, 5) is 13.4. The van der Waals surface area contributed by atoms with Crippen molar-refractivity contribution < 1.29 is 4.79 Å². The lowest BCUT2D eigenvalue weighted by Crippen LogP contribution is -2.21. The molecule has 0 spiro atoms. The Morgan fingerprint density at radius 2 is 1.71 bits per heavy atom. The molecular weight excluding hydrogens is 448 g/mol. The van der Waals surface area contributed by atoms with E-state index < -0.39 is 0 Å². The van der Waals surface area contributed by atoms with Crippen LogP contribution in [0, 0.1) is 0 Å². The second-order valence-corrected chi connectivity index (χ2v) is 8.59. The zero-order chi connectivity index (χ0) is 26.1. The minimum Gasteiger partial charge on any atom is -0.384 e. The number of rotatable bonds is 2. The monoisotopic (exact) mass is 488 g/mol. The molecule has 8 heteroatoms. The number of nitrogens with one attached hydrogen (secondary N) is 1. The average Bonchev–Trinajstić information content (AvgIpc) is 3.09. The number of carbonyl (C=O) groups excluding carboxylic acids is 1. The van der Waals surface area contributed by atoms with Gasteiger partial charge in [0.15, 0.2) is 0 Å². The van der Waals surface area contributed by atoms with Crippen molar-refractivity contribution in [3.05, 3.63) is 64.9 Å². The third-order valence-electron chi connectivity index (χ3n) is 4.63. The molecule has 34 heavy (non-hydrogen) atoms. The van der Waals surface area contributed by atoms with Gasteiger partial charge in [0.05, 0.1) is 5.69 Å². The topological polar surface area (TPSA) is 111 Å². The highest BCUT2D eigenvalue weighted by atomic mass is 35.5. The fraction of sp³-hybridized carbons (Fsp3) is 0.423. The molecule has 0 atom stereocenters. The van der Waals surface area contributed by atoms with Crippen LogP contribution in [0.15, 0.2) is 64.2 Å². The maximum Gasteiger partial charge on any atom is 0.206 e. The summed E-state index contributed by atoms with van der Waals surface area (Å²) < 4.78 is 1.83. The normalized spacial score (nSPS) is 14.9. The molecule has 0 saturated heterocycles. The van der Waals surface area contributed by atoms with Gasteiger partial charge in [-0.25, -0.2) is 4.68 Å². The number of fused-ring (bicyclic) bond motifs is 1. The zero-order valence-electron chi connectivity index (χ0n) is 21.6. The Balaban J connectivity index is 0.000000759. The molecule has 2 heterocycles. The summed E-state index contributed by atoms with van der Waals surface area (Å²) in [5.74, 6) is 1.30. The van der Waals surface area contributed by atoms with Gasteiger partial charge in [0.2, 0.25) is 6.41 Å². The van der Waals surface area contributed by atoms with Crippen LogP contribution in [0.4, 0.5) is 5.82 Å². The number of hydrogen-bond acceptors (Lipinski definition) is 5. The van der Waals surface area contributed by atoms with E-state index in [4.69, 9.17) is 27.9 Å². The molecule has 7 nitrogen and oxygen atoms in total. The first-order chi connectivity index (χ1) is 16.1. The second kappa shape index (κ2) is 16.5. The number of aromatic nitrogens is 2. The quantitative estimate of drug-likeness (QED) is 0.386. The minimum atomic E-state index is -0.0212. The van der Waals surface area contributed by atoms with Gasteiger partial charge in [-0.05, 0) is 44.4 Å². The number of halogens is 1. The lowest BCUT2D eigenvalue weighted by atomic mass is 9.92. The molecule has 188 valence electrons. The lowest BCUT2D eigenvalue weighted by molar-refractivity contribution is -0.109. The molecule has 1 aromatic rings. The van der Waals surface area contributed by atoms with Gasteiger partial charge in [0, 0.05) is 42.8 Å². The molecule has 5 N–H and O–H groups in total. The van der Waals surface area contributed by atoms with Crippen LogP contribution in [0.5, 0.6) is 0 Å². The zero-order valence-corrected chi connectivity index (χ0v) is 22.4. The number of amidine groups is 1. The van der Waals surface area contributed by atoms with Crippen LogP contribution in [0.3, 0.4) is 0 Å². The third kappa shape index (κ3) is 10.7. The number of amides is 1. The van der Waals surface area contributed by atoms with Crippen molar-refractivity contribution in [2.24, 2.45) is 10.7 Å². The molecule has 0 bridgehead atoms. The molecule has 1 aliphatic heterocycles. The minimum absolute atomic E-state index is 0.0212. The molecule has 0 fully saturated rings. The van der Waals surface area contributed by atoms with Gasteiger partial charge in [-0.1, -0.05) is 62.8 Å². The Hall–Kier alpha value is -3.06. The molecule has 0 saturated carbocycles. The maximum atomic E-state index is 9.06. The first-order valence-electron chi connectivity index (χ1n) is 11.3. The first kappa shape index (κ1) is 30.9. The number of nitrogens with zero attached hydrogens (tertiary/aromatic N) is 3. The SMILES string of the molecule is C/C=C/C.C/C=C/Cl.CC(C)(C)c1cc(N)n(C2=CC=C3CCN=C(N)C3=CC2)n1.CNC=O. The van der Waals surface area contributed by atoms with Crippen LogP contribution in [0.25, 0.3) is 5.70 Å². The highest BCUT2D eigenvalue weighted by molar-refractivity contribution is 6.25. The van der Waals surface area contributed by atoms with Crippen molar-refractivity contribution in [3.63, 3.8) is 0 Å². The molecule has 1 aromatic heterocycles. The average molecular weight is 489 g/mol. The van der Waals surface area contributed by atoms with Crippen molar-refractivity contribution in [1.82, 2.24) is 15.1 Å². The van der Waals surface area contributed by atoms with Gasteiger partial charge in [-0.2, -0.15) is 5.10 Å². The summed E-state index contributed by atoms with van der Waals surface area (Å²) in [6.45, 7) is 13.0.